The van der Waals surface area contributed by atoms with Crippen molar-refractivity contribution in [3.05, 3.63) is 61.2 Å². The summed E-state index contributed by atoms with van der Waals surface area (Å²) in [5, 5.41) is 8.49. The van der Waals surface area contributed by atoms with Crippen LogP contribution in [0.1, 0.15) is 5.69 Å². The van der Waals surface area contributed by atoms with Crippen molar-refractivity contribution < 1.29 is 4.74 Å². The smallest absolute Gasteiger partial charge is 0.166 e. The largest absolute Gasteiger partial charge is 0.491 e. The summed E-state index contributed by atoms with van der Waals surface area (Å²) in [7, 11) is 4.02. The minimum absolute atomic E-state index is 0.581. The first-order valence-electron chi connectivity index (χ1n) is 11.5. The SMILES string of the molecule is Cc1cn(-c2nccc3[nH]c(-c4n[nH]c5cnc(-c6cncc(OCCN(C)C)c6)cc45)nc23)cn1. The monoisotopic (exact) mass is 480 g/mol. The Bertz CT molecular complexity index is 1680. The van der Waals surface area contributed by atoms with Crippen molar-refractivity contribution in [3.8, 4) is 34.3 Å². The van der Waals surface area contributed by atoms with Gasteiger partial charge in [-0.1, -0.05) is 0 Å². The van der Waals surface area contributed by atoms with Gasteiger partial charge in [0.2, 0.25) is 0 Å². The maximum Gasteiger partial charge on any atom is 0.166 e. The second-order valence-corrected chi connectivity index (χ2v) is 8.79. The number of aromatic amines is 2. The number of ether oxygens (including phenoxy) is 1. The van der Waals surface area contributed by atoms with Gasteiger partial charge in [-0.3, -0.25) is 19.6 Å². The molecule has 11 heteroatoms. The number of imidazole rings is 2. The molecule has 0 radical (unpaired) electrons. The summed E-state index contributed by atoms with van der Waals surface area (Å²) in [6, 6.07) is 5.83. The third-order valence-electron chi connectivity index (χ3n) is 5.83. The van der Waals surface area contributed by atoms with Crippen LogP contribution in [-0.4, -0.2) is 76.8 Å². The molecular weight excluding hydrogens is 456 g/mol. The Labute approximate surface area is 206 Å². The summed E-state index contributed by atoms with van der Waals surface area (Å²) in [4.78, 5) is 28.1. The molecule has 2 N–H and O–H groups in total. The Kier molecular flexibility index (Phi) is 5.38. The molecule has 0 fully saturated rings. The minimum Gasteiger partial charge on any atom is -0.491 e. The lowest BCUT2D eigenvalue weighted by Gasteiger charge is -2.11. The zero-order chi connectivity index (χ0) is 24.6. The second-order valence-electron chi connectivity index (χ2n) is 8.79. The lowest BCUT2D eigenvalue weighted by Crippen LogP contribution is -2.19. The standard InChI is InChI=1S/C25H24N10O/c1-15-13-35(14-29-15)25-23-19(4-5-27-25)30-24(31-23)22-18-9-20(28-12-21(18)32-33-22)16-8-17(11-26-10-16)36-7-6-34(2)3/h4-5,8-14H,6-7H2,1-3H3,(H,30,31)(H,32,33). The van der Waals surface area contributed by atoms with Crippen molar-refractivity contribution in [3.63, 3.8) is 0 Å². The number of nitrogens with zero attached hydrogens (tertiary/aromatic N) is 8. The molecule has 6 rings (SSSR count). The molecule has 0 aliphatic heterocycles. The molecule has 0 saturated carbocycles. The van der Waals surface area contributed by atoms with Gasteiger partial charge in [-0.15, -0.1) is 0 Å². The van der Waals surface area contributed by atoms with E-state index in [0.717, 1.165) is 45.4 Å². The van der Waals surface area contributed by atoms with E-state index in [1.54, 1.807) is 31.1 Å². The van der Waals surface area contributed by atoms with Gasteiger partial charge < -0.3 is 14.6 Å². The van der Waals surface area contributed by atoms with Crippen LogP contribution in [0.4, 0.5) is 0 Å². The predicted molar refractivity (Wildman–Crippen MR) is 136 cm³/mol. The van der Waals surface area contributed by atoms with E-state index < -0.39 is 0 Å². The Morgan fingerprint density at radius 3 is 2.81 bits per heavy atom. The molecule has 6 aromatic rings. The number of nitrogens with one attached hydrogen (secondary N) is 2. The summed E-state index contributed by atoms with van der Waals surface area (Å²) in [6.07, 6.45) is 10.7. The summed E-state index contributed by atoms with van der Waals surface area (Å²) >= 11 is 0. The first kappa shape index (κ1) is 21.9. The Morgan fingerprint density at radius 2 is 1.97 bits per heavy atom. The van der Waals surface area contributed by atoms with Crippen LogP contribution in [0.5, 0.6) is 5.75 Å². The van der Waals surface area contributed by atoms with Crippen LogP contribution in [0, 0.1) is 6.92 Å². The molecule has 36 heavy (non-hydrogen) atoms. The Balaban J connectivity index is 1.37. The van der Waals surface area contributed by atoms with E-state index in [2.05, 4.69) is 40.0 Å². The van der Waals surface area contributed by atoms with Crippen LogP contribution < -0.4 is 4.74 Å². The number of H-pyrrole nitrogens is 2. The highest BCUT2D eigenvalue weighted by atomic mass is 16.5. The molecule has 0 bridgehead atoms. The number of hydrogen-bond acceptors (Lipinski definition) is 8. The van der Waals surface area contributed by atoms with Crippen LogP contribution in [0.15, 0.2) is 55.5 Å². The number of aromatic nitrogens is 9. The molecule has 0 atom stereocenters. The number of hydrogen-bond donors (Lipinski definition) is 2. The summed E-state index contributed by atoms with van der Waals surface area (Å²) in [5.74, 6) is 2.05. The third kappa shape index (κ3) is 4.05. The number of aryl methyl sites for hydroxylation is 1. The van der Waals surface area contributed by atoms with Crippen molar-refractivity contribution in [2.75, 3.05) is 27.2 Å². The minimum atomic E-state index is 0.581. The number of fused-ring (bicyclic) bond motifs is 2. The van der Waals surface area contributed by atoms with Crippen molar-refractivity contribution in [1.29, 1.82) is 0 Å². The first-order chi connectivity index (χ1) is 17.5. The van der Waals surface area contributed by atoms with Gasteiger partial charge in [0.25, 0.3) is 0 Å². The summed E-state index contributed by atoms with van der Waals surface area (Å²) in [5.41, 5.74) is 5.64. The fraction of sp³-hybridized carbons (Fsp3) is 0.200. The van der Waals surface area contributed by atoms with Crippen LogP contribution in [0.25, 0.3) is 50.5 Å². The van der Waals surface area contributed by atoms with Crippen LogP contribution in [0.2, 0.25) is 0 Å². The molecule has 180 valence electrons. The van der Waals surface area contributed by atoms with Crippen LogP contribution in [0.3, 0.4) is 0 Å². The predicted octanol–water partition coefficient (Wildman–Crippen LogP) is 3.39. The van der Waals surface area contributed by atoms with Gasteiger partial charge >= 0.3 is 0 Å². The average molecular weight is 481 g/mol. The van der Waals surface area contributed by atoms with Gasteiger partial charge in [-0.25, -0.2) is 15.0 Å². The van der Waals surface area contributed by atoms with Crippen molar-refractivity contribution >= 4 is 21.9 Å². The molecule has 0 spiro atoms. The van der Waals surface area contributed by atoms with E-state index >= 15 is 0 Å². The van der Waals surface area contributed by atoms with Crippen molar-refractivity contribution in [1.82, 2.24) is 49.6 Å². The summed E-state index contributed by atoms with van der Waals surface area (Å²) < 4.78 is 7.72. The van der Waals surface area contributed by atoms with E-state index in [-0.39, 0.29) is 0 Å². The van der Waals surface area contributed by atoms with Gasteiger partial charge in [0.1, 0.15) is 29.9 Å². The molecular formula is C25H24N10O. The van der Waals surface area contributed by atoms with Gasteiger partial charge in [-0.2, -0.15) is 5.10 Å². The van der Waals surface area contributed by atoms with Crippen molar-refractivity contribution in [2.45, 2.75) is 6.92 Å². The molecule has 11 nitrogen and oxygen atoms in total. The number of likely N-dealkylation sites (N-methyl/N-ethyl adjacent to an activating group) is 1. The average Bonchev–Trinajstić information content (AvgIpc) is 3.61. The molecule has 0 aliphatic rings. The molecule has 0 aliphatic carbocycles. The van der Waals surface area contributed by atoms with E-state index in [4.69, 9.17) is 9.72 Å². The van der Waals surface area contributed by atoms with E-state index in [0.29, 0.717) is 29.7 Å². The lowest BCUT2D eigenvalue weighted by atomic mass is 10.1. The fourth-order valence-corrected chi connectivity index (χ4v) is 4.00. The Hall–Kier alpha value is -4.64. The Morgan fingerprint density at radius 1 is 1.06 bits per heavy atom. The molecule has 6 aromatic heterocycles. The molecule has 0 unspecified atom stereocenters. The molecule has 6 heterocycles. The van der Waals surface area contributed by atoms with Crippen molar-refractivity contribution in [2.24, 2.45) is 0 Å². The maximum atomic E-state index is 5.85. The number of rotatable bonds is 7. The first-order valence-corrected chi connectivity index (χ1v) is 11.5. The maximum absolute atomic E-state index is 5.85. The second kappa shape index (κ2) is 8.86. The molecule has 0 saturated heterocycles. The van der Waals surface area contributed by atoms with E-state index in [1.165, 1.54) is 0 Å². The van der Waals surface area contributed by atoms with Crippen LogP contribution >= 0.6 is 0 Å². The van der Waals surface area contributed by atoms with Gasteiger partial charge in [-0.05, 0) is 39.2 Å². The van der Waals surface area contributed by atoms with Crippen LogP contribution in [-0.2, 0) is 0 Å². The highest BCUT2D eigenvalue weighted by Crippen LogP contribution is 2.30. The van der Waals surface area contributed by atoms with E-state index in [1.807, 2.05) is 50.0 Å². The highest BCUT2D eigenvalue weighted by molar-refractivity contribution is 5.95. The lowest BCUT2D eigenvalue weighted by molar-refractivity contribution is 0.261. The number of pyridine rings is 3. The van der Waals surface area contributed by atoms with Gasteiger partial charge in [0, 0.05) is 36.1 Å². The molecule has 0 aromatic carbocycles. The fourth-order valence-electron chi connectivity index (χ4n) is 4.00. The quantitative estimate of drug-likeness (QED) is 0.356. The normalized spacial score (nSPS) is 11.7. The highest BCUT2D eigenvalue weighted by Gasteiger charge is 2.17. The van der Waals surface area contributed by atoms with Gasteiger partial charge in [0.05, 0.1) is 34.8 Å². The van der Waals surface area contributed by atoms with Gasteiger partial charge in [0.15, 0.2) is 11.6 Å². The summed E-state index contributed by atoms with van der Waals surface area (Å²) in [6.45, 7) is 3.34. The molecule has 0 amide bonds. The topological polar surface area (TPSA) is 126 Å². The zero-order valence-electron chi connectivity index (χ0n) is 20.1. The third-order valence-corrected chi connectivity index (χ3v) is 5.83. The van der Waals surface area contributed by atoms with E-state index in [9.17, 15) is 0 Å². The zero-order valence-corrected chi connectivity index (χ0v) is 20.1.